The van der Waals surface area contributed by atoms with E-state index in [-0.39, 0.29) is 11.5 Å². The number of carbonyl (C=O) groups excluding carboxylic acids is 1. The largest absolute Gasteiger partial charge is 0.325 e. The number of hydrogen-bond donors (Lipinski definition) is 1. The minimum absolute atomic E-state index is 0.0749. The summed E-state index contributed by atoms with van der Waals surface area (Å²) in [7, 11) is 0. The lowest BCUT2D eigenvalue weighted by molar-refractivity contribution is -0.115. The van der Waals surface area contributed by atoms with E-state index in [1.54, 1.807) is 4.57 Å². The molecule has 30 heavy (non-hydrogen) atoms. The molecular weight excluding hydrogens is 398 g/mol. The fourth-order valence-corrected chi connectivity index (χ4v) is 4.27. The first-order valence-electron chi connectivity index (χ1n) is 9.90. The van der Waals surface area contributed by atoms with E-state index < -0.39 is 5.25 Å². The molecule has 0 fully saturated rings. The van der Waals surface area contributed by atoms with Gasteiger partial charge in [-0.2, -0.15) is 0 Å². The molecule has 0 saturated heterocycles. The maximum Gasteiger partial charge on any atom is 0.262 e. The maximum absolute atomic E-state index is 12.9. The summed E-state index contributed by atoms with van der Waals surface area (Å²) in [6.45, 7) is 6.39. The molecule has 0 aliphatic carbocycles. The van der Waals surface area contributed by atoms with Crippen LogP contribution in [0.15, 0.2) is 58.5 Å². The number of nitrogens with one attached hydrogen (secondary N) is 1. The molecule has 154 valence electrons. The SMILES string of the molecule is CCCn1c(=O)c2ccccc2n2c(SC(C)C(=O)Nc3cccc(C)c3)nnc12. The van der Waals surface area contributed by atoms with Crippen LogP contribution in [0.4, 0.5) is 5.69 Å². The monoisotopic (exact) mass is 421 g/mol. The molecule has 4 rings (SSSR count). The number of aromatic nitrogens is 4. The number of aryl methyl sites for hydroxylation is 2. The number of benzene rings is 2. The molecule has 0 spiro atoms. The standard InChI is InChI=1S/C22H23N5O2S/c1-4-12-26-20(29)17-10-5-6-11-18(17)27-21(26)24-25-22(27)30-15(3)19(28)23-16-9-7-8-14(2)13-16/h5-11,13,15H,4,12H2,1-3H3,(H,23,28). The number of anilines is 1. The summed E-state index contributed by atoms with van der Waals surface area (Å²) in [6.07, 6.45) is 0.804. The average molecular weight is 422 g/mol. The molecular formula is C22H23N5O2S. The van der Waals surface area contributed by atoms with E-state index in [4.69, 9.17) is 0 Å². The number of thioether (sulfide) groups is 1. The first-order valence-corrected chi connectivity index (χ1v) is 10.8. The average Bonchev–Trinajstić information content (AvgIpc) is 3.14. The second-order valence-electron chi connectivity index (χ2n) is 7.21. The van der Waals surface area contributed by atoms with Crippen molar-refractivity contribution in [2.45, 2.75) is 44.1 Å². The predicted octanol–water partition coefficient (Wildman–Crippen LogP) is 3.88. The predicted molar refractivity (Wildman–Crippen MR) is 120 cm³/mol. The zero-order valence-corrected chi connectivity index (χ0v) is 17.9. The Bertz CT molecular complexity index is 1290. The fourth-order valence-electron chi connectivity index (χ4n) is 3.41. The van der Waals surface area contributed by atoms with Gasteiger partial charge in [0.15, 0.2) is 5.16 Å². The van der Waals surface area contributed by atoms with E-state index in [0.29, 0.717) is 22.9 Å². The molecule has 2 aromatic carbocycles. The summed E-state index contributed by atoms with van der Waals surface area (Å²) in [5, 5.41) is 12.3. The summed E-state index contributed by atoms with van der Waals surface area (Å²) in [6, 6.07) is 15.1. The Morgan fingerprint density at radius 3 is 2.73 bits per heavy atom. The Kier molecular flexibility index (Phi) is 5.59. The molecule has 7 nitrogen and oxygen atoms in total. The minimum atomic E-state index is -0.400. The second-order valence-corrected chi connectivity index (χ2v) is 8.52. The lowest BCUT2D eigenvalue weighted by Crippen LogP contribution is -2.24. The lowest BCUT2D eigenvalue weighted by Gasteiger charge is -2.13. The summed E-state index contributed by atoms with van der Waals surface area (Å²) in [4.78, 5) is 25.6. The van der Waals surface area contributed by atoms with Gasteiger partial charge in [-0.15, -0.1) is 10.2 Å². The Balaban J connectivity index is 1.71. The summed E-state index contributed by atoms with van der Waals surface area (Å²) < 4.78 is 3.52. The van der Waals surface area contributed by atoms with Gasteiger partial charge in [-0.05, 0) is 50.1 Å². The molecule has 0 saturated carbocycles. The Morgan fingerprint density at radius 1 is 1.17 bits per heavy atom. The summed E-state index contributed by atoms with van der Waals surface area (Å²) in [5.41, 5.74) is 2.51. The van der Waals surface area contributed by atoms with Crippen molar-refractivity contribution in [1.29, 1.82) is 0 Å². The summed E-state index contributed by atoms with van der Waals surface area (Å²) in [5.74, 6) is 0.378. The topological polar surface area (TPSA) is 81.3 Å². The lowest BCUT2D eigenvalue weighted by atomic mass is 10.2. The van der Waals surface area contributed by atoms with Crippen LogP contribution in [-0.4, -0.2) is 30.3 Å². The van der Waals surface area contributed by atoms with E-state index in [2.05, 4.69) is 15.5 Å². The van der Waals surface area contributed by atoms with Crippen LogP contribution >= 0.6 is 11.8 Å². The first kappa shape index (κ1) is 20.2. The zero-order valence-electron chi connectivity index (χ0n) is 17.1. The van der Waals surface area contributed by atoms with Gasteiger partial charge < -0.3 is 5.32 Å². The third-order valence-corrected chi connectivity index (χ3v) is 5.91. The van der Waals surface area contributed by atoms with Gasteiger partial charge in [0.05, 0.1) is 16.2 Å². The highest BCUT2D eigenvalue weighted by Crippen LogP contribution is 2.26. The fraction of sp³-hybridized carbons (Fsp3) is 0.273. The molecule has 8 heteroatoms. The number of carbonyl (C=O) groups is 1. The molecule has 0 bridgehead atoms. The summed E-state index contributed by atoms with van der Waals surface area (Å²) >= 11 is 1.32. The molecule has 0 aliphatic heterocycles. The molecule has 0 aliphatic rings. The van der Waals surface area contributed by atoms with Crippen molar-refractivity contribution in [3.05, 3.63) is 64.4 Å². The Morgan fingerprint density at radius 2 is 1.97 bits per heavy atom. The maximum atomic E-state index is 12.9. The molecule has 1 amide bonds. The van der Waals surface area contributed by atoms with Crippen LogP contribution in [0.2, 0.25) is 0 Å². The van der Waals surface area contributed by atoms with Crippen LogP contribution in [0.3, 0.4) is 0 Å². The van der Waals surface area contributed by atoms with Gasteiger partial charge in [0, 0.05) is 12.2 Å². The Hall–Kier alpha value is -3.13. The number of fused-ring (bicyclic) bond motifs is 3. The quantitative estimate of drug-likeness (QED) is 0.478. The van der Waals surface area contributed by atoms with Gasteiger partial charge in [0.25, 0.3) is 5.56 Å². The minimum Gasteiger partial charge on any atom is -0.325 e. The van der Waals surface area contributed by atoms with Crippen molar-refractivity contribution < 1.29 is 4.79 Å². The van der Waals surface area contributed by atoms with Crippen molar-refractivity contribution in [2.24, 2.45) is 0 Å². The number of para-hydroxylation sites is 1. The number of amides is 1. The molecule has 1 unspecified atom stereocenters. The van der Waals surface area contributed by atoms with Crippen molar-refractivity contribution in [3.8, 4) is 0 Å². The smallest absolute Gasteiger partial charge is 0.262 e. The molecule has 2 aromatic heterocycles. The van der Waals surface area contributed by atoms with Crippen molar-refractivity contribution >= 4 is 40.0 Å². The van der Waals surface area contributed by atoms with E-state index in [9.17, 15) is 9.59 Å². The van der Waals surface area contributed by atoms with E-state index in [1.807, 2.05) is 73.7 Å². The van der Waals surface area contributed by atoms with Crippen LogP contribution in [0, 0.1) is 6.92 Å². The zero-order chi connectivity index (χ0) is 21.3. The van der Waals surface area contributed by atoms with Gasteiger partial charge in [-0.3, -0.25) is 18.6 Å². The first-order chi connectivity index (χ1) is 14.5. The highest BCUT2D eigenvalue weighted by molar-refractivity contribution is 8.00. The molecule has 1 atom stereocenters. The van der Waals surface area contributed by atoms with E-state index in [0.717, 1.165) is 23.2 Å². The third kappa shape index (κ3) is 3.70. The molecule has 1 N–H and O–H groups in total. The van der Waals surface area contributed by atoms with Crippen LogP contribution in [0.25, 0.3) is 16.7 Å². The number of hydrogen-bond acceptors (Lipinski definition) is 5. The highest BCUT2D eigenvalue weighted by atomic mass is 32.2. The normalized spacial score (nSPS) is 12.4. The van der Waals surface area contributed by atoms with Crippen LogP contribution in [0.5, 0.6) is 0 Å². The Labute approximate surface area is 178 Å². The number of rotatable bonds is 6. The third-order valence-electron chi connectivity index (χ3n) is 4.86. The van der Waals surface area contributed by atoms with E-state index in [1.165, 1.54) is 11.8 Å². The van der Waals surface area contributed by atoms with Crippen molar-refractivity contribution in [2.75, 3.05) is 5.32 Å². The molecule has 4 aromatic rings. The number of nitrogens with zero attached hydrogens (tertiary/aromatic N) is 4. The van der Waals surface area contributed by atoms with Crippen LogP contribution < -0.4 is 10.9 Å². The van der Waals surface area contributed by atoms with Crippen molar-refractivity contribution in [1.82, 2.24) is 19.2 Å². The second kappa shape index (κ2) is 8.31. The highest BCUT2D eigenvalue weighted by Gasteiger charge is 2.21. The van der Waals surface area contributed by atoms with Crippen LogP contribution in [0.1, 0.15) is 25.8 Å². The van der Waals surface area contributed by atoms with Gasteiger partial charge in [-0.1, -0.05) is 43.0 Å². The van der Waals surface area contributed by atoms with Gasteiger partial charge >= 0.3 is 0 Å². The van der Waals surface area contributed by atoms with Crippen LogP contribution in [-0.2, 0) is 11.3 Å². The van der Waals surface area contributed by atoms with Gasteiger partial charge in [-0.25, -0.2) is 0 Å². The molecule has 0 radical (unpaired) electrons. The van der Waals surface area contributed by atoms with E-state index >= 15 is 0 Å². The molecule has 2 heterocycles. The van der Waals surface area contributed by atoms with Gasteiger partial charge in [0.2, 0.25) is 11.7 Å². The van der Waals surface area contributed by atoms with Crippen molar-refractivity contribution in [3.63, 3.8) is 0 Å². The van der Waals surface area contributed by atoms with Gasteiger partial charge in [0.1, 0.15) is 0 Å².